The number of nitrogen functional groups attached to an aromatic ring is 1. The Morgan fingerprint density at radius 2 is 2.10 bits per heavy atom. The standard InChI is InChI=1S/C16H24N2O2/c1-10-6-4-9-14(11(10)2)18-16(19)12-7-5-8-13(17)15(12)20-3/h5,7-8,10-11,14H,4,6,9,17H2,1-3H3,(H,18,19). The van der Waals surface area contributed by atoms with Gasteiger partial charge in [0.1, 0.15) is 0 Å². The molecule has 110 valence electrons. The second-order valence-corrected chi connectivity index (χ2v) is 5.78. The minimum atomic E-state index is -0.0971. The van der Waals surface area contributed by atoms with Crippen molar-refractivity contribution in [1.82, 2.24) is 5.32 Å². The Labute approximate surface area is 120 Å². The van der Waals surface area contributed by atoms with E-state index in [1.165, 1.54) is 20.0 Å². The van der Waals surface area contributed by atoms with Gasteiger partial charge in [-0.3, -0.25) is 4.79 Å². The molecule has 0 bridgehead atoms. The minimum absolute atomic E-state index is 0.0971. The molecule has 0 spiro atoms. The van der Waals surface area contributed by atoms with Crippen LogP contribution in [0.1, 0.15) is 43.5 Å². The molecule has 1 aromatic carbocycles. The first-order valence-electron chi connectivity index (χ1n) is 7.28. The molecule has 4 nitrogen and oxygen atoms in total. The molecule has 1 amide bonds. The van der Waals surface area contributed by atoms with Crippen LogP contribution in [0.25, 0.3) is 0 Å². The van der Waals surface area contributed by atoms with Gasteiger partial charge in [-0.2, -0.15) is 0 Å². The van der Waals surface area contributed by atoms with Crippen LogP contribution >= 0.6 is 0 Å². The zero-order valence-electron chi connectivity index (χ0n) is 12.5. The van der Waals surface area contributed by atoms with Gasteiger partial charge >= 0.3 is 0 Å². The fourth-order valence-electron chi connectivity index (χ4n) is 2.99. The number of ether oxygens (including phenoxy) is 1. The Balaban J connectivity index is 2.14. The fourth-order valence-corrected chi connectivity index (χ4v) is 2.99. The highest BCUT2D eigenvalue weighted by Gasteiger charge is 2.29. The molecule has 4 heteroatoms. The average molecular weight is 276 g/mol. The van der Waals surface area contributed by atoms with E-state index in [4.69, 9.17) is 10.5 Å². The topological polar surface area (TPSA) is 64.3 Å². The summed E-state index contributed by atoms with van der Waals surface area (Å²) in [5.41, 5.74) is 6.85. The number of carbonyl (C=O) groups is 1. The summed E-state index contributed by atoms with van der Waals surface area (Å²) in [4.78, 5) is 12.5. The Hall–Kier alpha value is -1.71. The van der Waals surface area contributed by atoms with Crippen LogP contribution in [0, 0.1) is 11.8 Å². The number of anilines is 1. The van der Waals surface area contributed by atoms with Gasteiger partial charge in [-0.15, -0.1) is 0 Å². The van der Waals surface area contributed by atoms with Crippen LogP contribution in [0.2, 0.25) is 0 Å². The molecular formula is C16H24N2O2. The number of para-hydroxylation sites is 1. The Morgan fingerprint density at radius 3 is 2.80 bits per heavy atom. The number of amides is 1. The molecule has 3 N–H and O–H groups in total. The fraction of sp³-hybridized carbons (Fsp3) is 0.562. The van der Waals surface area contributed by atoms with Crippen molar-refractivity contribution in [2.45, 2.75) is 39.2 Å². The molecule has 1 saturated carbocycles. The van der Waals surface area contributed by atoms with Gasteiger partial charge in [0, 0.05) is 6.04 Å². The first-order chi connectivity index (χ1) is 9.54. The van der Waals surface area contributed by atoms with E-state index in [0.29, 0.717) is 28.8 Å². The number of nitrogens with two attached hydrogens (primary N) is 1. The predicted octanol–water partition coefficient (Wildman–Crippen LogP) is 2.83. The molecule has 0 heterocycles. The first-order valence-corrected chi connectivity index (χ1v) is 7.28. The van der Waals surface area contributed by atoms with E-state index in [9.17, 15) is 4.79 Å². The number of hydrogen-bond acceptors (Lipinski definition) is 3. The third-order valence-corrected chi connectivity index (χ3v) is 4.52. The number of carbonyl (C=O) groups excluding carboxylic acids is 1. The molecule has 3 unspecified atom stereocenters. The summed E-state index contributed by atoms with van der Waals surface area (Å²) >= 11 is 0. The number of rotatable bonds is 3. The number of methoxy groups -OCH3 is 1. The zero-order valence-corrected chi connectivity index (χ0v) is 12.5. The lowest BCUT2D eigenvalue weighted by Crippen LogP contribution is -2.43. The summed E-state index contributed by atoms with van der Waals surface area (Å²) in [7, 11) is 1.54. The second-order valence-electron chi connectivity index (χ2n) is 5.78. The van der Waals surface area contributed by atoms with E-state index in [1.54, 1.807) is 18.2 Å². The van der Waals surface area contributed by atoms with E-state index >= 15 is 0 Å². The zero-order chi connectivity index (χ0) is 14.7. The van der Waals surface area contributed by atoms with Crippen LogP contribution in [0.4, 0.5) is 5.69 Å². The molecule has 1 aliphatic carbocycles. The molecule has 20 heavy (non-hydrogen) atoms. The van der Waals surface area contributed by atoms with Crippen molar-refractivity contribution in [3.05, 3.63) is 23.8 Å². The molecule has 0 aliphatic heterocycles. The number of nitrogens with one attached hydrogen (secondary N) is 1. The van der Waals surface area contributed by atoms with E-state index in [2.05, 4.69) is 19.2 Å². The van der Waals surface area contributed by atoms with Crippen molar-refractivity contribution in [3.63, 3.8) is 0 Å². The molecular weight excluding hydrogens is 252 g/mol. The lowest BCUT2D eigenvalue weighted by atomic mass is 9.78. The third kappa shape index (κ3) is 2.89. The normalized spacial score (nSPS) is 26.1. The maximum atomic E-state index is 12.5. The van der Waals surface area contributed by atoms with Crippen LogP contribution in [-0.4, -0.2) is 19.1 Å². The van der Waals surface area contributed by atoms with Crippen LogP contribution in [0.5, 0.6) is 5.75 Å². The van der Waals surface area contributed by atoms with Gasteiger partial charge in [0.15, 0.2) is 5.75 Å². The van der Waals surface area contributed by atoms with Crippen LogP contribution in [0.3, 0.4) is 0 Å². The molecule has 1 aliphatic rings. The quantitative estimate of drug-likeness (QED) is 0.834. The van der Waals surface area contributed by atoms with Crippen LogP contribution in [0.15, 0.2) is 18.2 Å². The van der Waals surface area contributed by atoms with Crippen molar-refractivity contribution in [3.8, 4) is 5.75 Å². The summed E-state index contributed by atoms with van der Waals surface area (Å²) in [6.07, 6.45) is 3.46. The molecule has 0 saturated heterocycles. The molecule has 1 fully saturated rings. The van der Waals surface area contributed by atoms with Crippen molar-refractivity contribution < 1.29 is 9.53 Å². The van der Waals surface area contributed by atoms with E-state index < -0.39 is 0 Å². The Bertz CT molecular complexity index is 487. The highest BCUT2D eigenvalue weighted by atomic mass is 16.5. The lowest BCUT2D eigenvalue weighted by molar-refractivity contribution is 0.0888. The maximum absolute atomic E-state index is 12.5. The first kappa shape index (κ1) is 14.7. The van der Waals surface area contributed by atoms with Crippen molar-refractivity contribution >= 4 is 11.6 Å². The van der Waals surface area contributed by atoms with Gasteiger partial charge in [0.25, 0.3) is 5.91 Å². The molecule has 0 aromatic heterocycles. The molecule has 1 aromatic rings. The summed E-state index contributed by atoms with van der Waals surface area (Å²) in [5, 5.41) is 3.14. The van der Waals surface area contributed by atoms with Crippen LogP contribution in [-0.2, 0) is 0 Å². The lowest BCUT2D eigenvalue weighted by Gasteiger charge is -2.34. The predicted molar refractivity (Wildman–Crippen MR) is 80.8 cm³/mol. The van der Waals surface area contributed by atoms with Crippen molar-refractivity contribution in [2.24, 2.45) is 11.8 Å². The Kier molecular flexibility index (Phi) is 4.53. The SMILES string of the molecule is COc1c(N)cccc1C(=O)NC1CCCC(C)C1C. The van der Waals surface area contributed by atoms with Crippen molar-refractivity contribution in [1.29, 1.82) is 0 Å². The maximum Gasteiger partial charge on any atom is 0.255 e. The smallest absolute Gasteiger partial charge is 0.255 e. The monoisotopic (exact) mass is 276 g/mol. The highest BCUT2D eigenvalue weighted by molar-refractivity contribution is 5.98. The highest BCUT2D eigenvalue weighted by Crippen LogP contribution is 2.31. The van der Waals surface area contributed by atoms with Gasteiger partial charge in [-0.05, 0) is 30.4 Å². The second kappa shape index (κ2) is 6.16. The third-order valence-electron chi connectivity index (χ3n) is 4.52. The largest absolute Gasteiger partial charge is 0.494 e. The van der Waals surface area contributed by atoms with E-state index in [-0.39, 0.29) is 11.9 Å². The van der Waals surface area contributed by atoms with E-state index in [0.717, 1.165) is 6.42 Å². The average Bonchev–Trinajstić information content (AvgIpc) is 2.43. The summed E-state index contributed by atoms with van der Waals surface area (Å²) < 4.78 is 5.25. The van der Waals surface area contributed by atoms with Gasteiger partial charge < -0.3 is 15.8 Å². The molecule has 0 radical (unpaired) electrons. The van der Waals surface area contributed by atoms with Gasteiger partial charge in [0.2, 0.25) is 0 Å². The Morgan fingerprint density at radius 1 is 1.35 bits per heavy atom. The van der Waals surface area contributed by atoms with Gasteiger partial charge in [-0.25, -0.2) is 0 Å². The summed E-state index contributed by atoms with van der Waals surface area (Å²) in [6, 6.07) is 5.50. The van der Waals surface area contributed by atoms with Gasteiger partial charge in [-0.1, -0.05) is 32.8 Å². The van der Waals surface area contributed by atoms with Crippen LogP contribution < -0.4 is 15.8 Å². The molecule has 2 rings (SSSR count). The summed E-state index contributed by atoms with van der Waals surface area (Å²) in [5.74, 6) is 1.51. The van der Waals surface area contributed by atoms with Crippen molar-refractivity contribution in [2.75, 3.05) is 12.8 Å². The van der Waals surface area contributed by atoms with E-state index in [1.807, 2.05) is 0 Å². The van der Waals surface area contributed by atoms with Gasteiger partial charge in [0.05, 0.1) is 18.4 Å². The summed E-state index contributed by atoms with van der Waals surface area (Å²) in [6.45, 7) is 4.47. The minimum Gasteiger partial charge on any atom is -0.494 e. The number of hydrogen-bond donors (Lipinski definition) is 2. The number of benzene rings is 1. The molecule has 3 atom stereocenters.